The van der Waals surface area contributed by atoms with Gasteiger partial charge in [-0.2, -0.15) is 0 Å². The molecule has 0 bridgehead atoms. The van der Waals surface area contributed by atoms with Gasteiger partial charge in [0.2, 0.25) is 0 Å². The molecule has 2 unspecified atom stereocenters. The highest BCUT2D eigenvalue weighted by Crippen LogP contribution is 2.43. The van der Waals surface area contributed by atoms with Crippen molar-refractivity contribution in [1.82, 2.24) is 0 Å². The van der Waals surface area contributed by atoms with E-state index in [0.29, 0.717) is 17.4 Å². The molecule has 0 saturated heterocycles. The van der Waals surface area contributed by atoms with Gasteiger partial charge in [-0.1, -0.05) is 220 Å². The fourth-order valence-corrected chi connectivity index (χ4v) is 8.38. The molecule has 72 heavy (non-hydrogen) atoms. The van der Waals surface area contributed by atoms with Crippen molar-refractivity contribution >= 4 is 19.8 Å². The average Bonchev–Trinajstić information content (AvgIpc) is 3.34. The number of esters is 2. The van der Waals surface area contributed by atoms with Gasteiger partial charge in [0.1, 0.15) is 19.8 Å². The Morgan fingerprint density at radius 2 is 0.792 bits per heavy atom. The van der Waals surface area contributed by atoms with Crippen LogP contribution in [0.5, 0.6) is 0 Å². The Morgan fingerprint density at radius 1 is 0.444 bits per heavy atom. The van der Waals surface area contributed by atoms with Crippen LogP contribution >= 0.6 is 7.82 Å². The van der Waals surface area contributed by atoms with Gasteiger partial charge in [0.25, 0.3) is 0 Å². The van der Waals surface area contributed by atoms with Gasteiger partial charge in [-0.15, -0.1) is 0 Å². The van der Waals surface area contributed by atoms with E-state index in [2.05, 4.69) is 111 Å². The largest absolute Gasteiger partial charge is 0.472 e. The molecule has 2 atom stereocenters. The van der Waals surface area contributed by atoms with Crippen molar-refractivity contribution in [2.24, 2.45) is 0 Å². The van der Waals surface area contributed by atoms with Crippen molar-refractivity contribution in [1.29, 1.82) is 0 Å². The number of hydrogen-bond donors (Lipinski definition) is 1. The van der Waals surface area contributed by atoms with E-state index in [1.165, 1.54) is 96.3 Å². The van der Waals surface area contributed by atoms with Crippen LogP contribution in [0.25, 0.3) is 0 Å². The second-order valence-corrected chi connectivity index (χ2v) is 21.7. The molecule has 9 nitrogen and oxygen atoms in total. The summed E-state index contributed by atoms with van der Waals surface area (Å²) in [6, 6.07) is 0. The maximum Gasteiger partial charge on any atom is 0.472 e. The predicted octanol–water partition coefficient (Wildman–Crippen LogP) is 18.0. The number of ether oxygens (including phenoxy) is 2. The lowest BCUT2D eigenvalue weighted by molar-refractivity contribution is -0.870. The number of carbonyl (C=O) groups excluding carboxylic acids is 2. The molecule has 0 spiro atoms. The third-order valence-electron chi connectivity index (χ3n) is 12.1. The minimum absolute atomic E-state index is 0.0258. The number of phosphoric acid groups is 1. The summed E-state index contributed by atoms with van der Waals surface area (Å²) in [5.74, 6) is -0.816. The third kappa shape index (κ3) is 56.2. The zero-order valence-corrected chi connectivity index (χ0v) is 47.8. The predicted molar refractivity (Wildman–Crippen MR) is 307 cm³/mol. The topological polar surface area (TPSA) is 108 Å². The molecule has 414 valence electrons. The van der Waals surface area contributed by atoms with Gasteiger partial charge >= 0.3 is 19.8 Å². The van der Waals surface area contributed by atoms with Gasteiger partial charge in [0.15, 0.2) is 6.10 Å². The van der Waals surface area contributed by atoms with E-state index in [9.17, 15) is 19.0 Å². The molecule has 0 aliphatic heterocycles. The lowest BCUT2D eigenvalue weighted by Gasteiger charge is -2.24. The van der Waals surface area contributed by atoms with Gasteiger partial charge < -0.3 is 18.9 Å². The number of hydrogen-bond acceptors (Lipinski definition) is 7. The Kier molecular flexibility index (Phi) is 50.5. The molecule has 0 saturated carbocycles. The van der Waals surface area contributed by atoms with Gasteiger partial charge in [-0.25, -0.2) is 4.57 Å². The van der Waals surface area contributed by atoms with Crippen molar-refractivity contribution in [3.63, 3.8) is 0 Å². The Balaban J connectivity index is 4.11. The third-order valence-corrected chi connectivity index (χ3v) is 13.1. The zero-order chi connectivity index (χ0) is 52.7. The van der Waals surface area contributed by atoms with Gasteiger partial charge in [0, 0.05) is 12.8 Å². The number of rotatable bonds is 52. The van der Waals surface area contributed by atoms with Gasteiger partial charge in [0.05, 0.1) is 27.7 Å². The SMILES string of the molecule is CC/C=C\C/C=C\C/C=C\C/C=C\C/C=C\C/C=C\CCCCCCCCCCCCCCCCC(=O)OC(COC(=O)CCCCCCC/C=C\C/C=C\CCCCC)COP(=O)(O)OCC[N+](C)(C)C. The smallest absolute Gasteiger partial charge is 0.462 e. The second-order valence-electron chi connectivity index (χ2n) is 20.3. The number of unbranched alkanes of at least 4 members (excludes halogenated alkanes) is 22. The van der Waals surface area contributed by atoms with Crippen LogP contribution in [-0.2, 0) is 32.7 Å². The van der Waals surface area contributed by atoms with Crippen molar-refractivity contribution in [2.75, 3.05) is 47.5 Å². The highest BCUT2D eigenvalue weighted by atomic mass is 31.2. The van der Waals surface area contributed by atoms with Crippen molar-refractivity contribution in [2.45, 2.75) is 238 Å². The van der Waals surface area contributed by atoms with E-state index >= 15 is 0 Å². The lowest BCUT2D eigenvalue weighted by Crippen LogP contribution is -2.37. The number of phosphoric ester groups is 1. The van der Waals surface area contributed by atoms with Crippen molar-refractivity contribution in [3.8, 4) is 0 Å². The van der Waals surface area contributed by atoms with Crippen molar-refractivity contribution < 1.29 is 42.1 Å². The molecule has 0 aromatic carbocycles. The summed E-state index contributed by atoms with van der Waals surface area (Å²) in [7, 11) is 1.46. The van der Waals surface area contributed by atoms with Gasteiger partial charge in [-0.05, 0) is 96.3 Å². The molecule has 0 radical (unpaired) electrons. The zero-order valence-electron chi connectivity index (χ0n) is 46.9. The Labute approximate surface area is 443 Å². The molecule has 0 aromatic rings. The quantitative estimate of drug-likeness (QED) is 0.0211. The van der Waals surface area contributed by atoms with Crippen LogP contribution in [0.3, 0.4) is 0 Å². The maximum atomic E-state index is 12.8. The lowest BCUT2D eigenvalue weighted by atomic mass is 10.0. The van der Waals surface area contributed by atoms with Crippen molar-refractivity contribution in [3.05, 3.63) is 97.2 Å². The molecule has 0 heterocycles. The summed E-state index contributed by atoms with van der Waals surface area (Å²) in [4.78, 5) is 35.6. The van der Waals surface area contributed by atoms with E-state index < -0.39 is 26.5 Å². The second kappa shape index (κ2) is 52.8. The molecule has 0 amide bonds. The molecule has 0 aromatic heterocycles. The fourth-order valence-electron chi connectivity index (χ4n) is 7.64. The summed E-state index contributed by atoms with van der Waals surface area (Å²) in [5.41, 5.74) is 0. The van der Waals surface area contributed by atoms with Crippen LogP contribution in [0, 0.1) is 0 Å². The van der Waals surface area contributed by atoms with E-state index in [4.69, 9.17) is 18.5 Å². The van der Waals surface area contributed by atoms with Crippen LogP contribution in [0.2, 0.25) is 0 Å². The van der Waals surface area contributed by atoms with Crippen LogP contribution in [-0.4, -0.2) is 74.9 Å². The Bertz CT molecular complexity index is 1540. The monoisotopic (exact) mass is 1030 g/mol. The average molecular weight is 1030 g/mol. The van der Waals surface area contributed by atoms with E-state index in [-0.39, 0.29) is 32.0 Å². The molecule has 0 aliphatic rings. The summed E-state index contributed by atoms with van der Waals surface area (Å²) < 4.78 is 34.5. The standard InChI is InChI=1S/C62H108NO8P/c1-6-8-10-12-14-16-18-20-22-23-24-25-26-27-28-29-30-31-32-33-34-35-36-37-38-39-41-43-45-47-49-51-53-55-62(65)71-60(59-70-72(66,67)69-57-56-63(3,4)5)58-68-61(64)54-52-50-48-46-44-42-40-21-19-17-15-13-11-9-7-2/h8,10,14-17,20-22,24-25,27-28,30-31,40,60H,6-7,9,11-13,18-19,23,26,29,32-39,41-59H2,1-5H3/p+1/b10-8-,16-14-,17-15-,22-20-,25-24-,28-27-,31-30-,40-21-. The number of nitrogens with zero attached hydrogens (tertiary/aromatic N) is 1. The first-order valence-corrected chi connectivity index (χ1v) is 30.5. The molecular weight excluding hydrogens is 918 g/mol. The highest BCUT2D eigenvalue weighted by molar-refractivity contribution is 7.47. The molecule has 0 fully saturated rings. The minimum Gasteiger partial charge on any atom is -0.462 e. The number of allylic oxidation sites excluding steroid dienone is 16. The molecule has 0 aliphatic carbocycles. The normalized spacial score (nSPS) is 14.0. The van der Waals surface area contributed by atoms with E-state index in [1.54, 1.807) is 0 Å². The highest BCUT2D eigenvalue weighted by Gasteiger charge is 2.27. The first-order chi connectivity index (χ1) is 35.0. The van der Waals surface area contributed by atoms with Gasteiger partial charge in [-0.3, -0.25) is 18.6 Å². The summed E-state index contributed by atoms with van der Waals surface area (Å²) >= 11 is 0. The fraction of sp³-hybridized carbons (Fsp3) is 0.710. The number of quaternary nitrogens is 1. The minimum atomic E-state index is -4.39. The van der Waals surface area contributed by atoms with E-state index in [0.717, 1.165) is 103 Å². The Morgan fingerprint density at radius 3 is 1.18 bits per heavy atom. The molecular formula is C62H109NO8P+. The van der Waals surface area contributed by atoms with E-state index in [1.807, 2.05) is 21.1 Å². The first-order valence-electron chi connectivity index (χ1n) is 29.0. The first kappa shape index (κ1) is 68.9. The van der Waals surface area contributed by atoms with Crippen LogP contribution in [0.15, 0.2) is 97.2 Å². The number of carbonyl (C=O) groups is 2. The summed E-state index contributed by atoms with van der Waals surface area (Å²) in [5, 5.41) is 0. The molecule has 1 N–H and O–H groups in total. The van der Waals surface area contributed by atoms with Crippen LogP contribution < -0.4 is 0 Å². The summed E-state index contributed by atoms with van der Waals surface area (Å²) in [6.07, 6.45) is 71.9. The van der Waals surface area contributed by atoms with Crippen LogP contribution in [0.1, 0.15) is 232 Å². The Hall–Kier alpha value is -3.07. The molecule has 10 heteroatoms. The summed E-state index contributed by atoms with van der Waals surface area (Å²) in [6.45, 7) is 4.27. The molecule has 0 rings (SSSR count). The van der Waals surface area contributed by atoms with Crippen LogP contribution in [0.4, 0.5) is 0 Å². The maximum absolute atomic E-state index is 12.8. The number of likely N-dealkylation sites (N-methyl/N-ethyl adjacent to an activating group) is 1.